The second kappa shape index (κ2) is 10.6. The van der Waals surface area contributed by atoms with Gasteiger partial charge in [0.1, 0.15) is 11.5 Å². The van der Waals surface area contributed by atoms with Gasteiger partial charge >= 0.3 is 6.18 Å². The lowest BCUT2D eigenvalue weighted by Gasteiger charge is -2.27. The Morgan fingerprint density at radius 2 is 1.74 bits per heavy atom. The Labute approximate surface area is 228 Å². The zero-order chi connectivity index (χ0) is 27.7. The van der Waals surface area contributed by atoms with E-state index in [0.29, 0.717) is 34.9 Å². The summed E-state index contributed by atoms with van der Waals surface area (Å²) in [6.45, 7) is 0.569. The van der Waals surface area contributed by atoms with E-state index in [0.717, 1.165) is 24.5 Å². The molecule has 2 heterocycles. The highest BCUT2D eigenvalue weighted by molar-refractivity contribution is 6.32. The molecule has 1 saturated heterocycles. The molecule has 0 radical (unpaired) electrons. The molecule has 39 heavy (non-hydrogen) atoms. The molecule has 0 bridgehead atoms. The van der Waals surface area contributed by atoms with Gasteiger partial charge in [-0.25, -0.2) is 4.68 Å². The van der Waals surface area contributed by atoms with Gasteiger partial charge in [0.05, 0.1) is 36.7 Å². The van der Waals surface area contributed by atoms with Gasteiger partial charge < -0.3 is 14.4 Å². The first kappa shape index (κ1) is 26.6. The summed E-state index contributed by atoms with van der Waals surface area (Å²) in [4.78, 5) is 15.4. The molecule has 6 nitrogen and oxygen atoms in total. The fourth-order valence-electron chi connectivity index (χ4n) is 4.91. The van der Waals surface area contributed by atoms with Crippen LogP contribution < -0.4 is 9.47 Å². The third kappa shape index (κ3) is 5.18. The number of benzene rings is 3. The second-order valence-electron chi connectivity index (χ2n) is 9.12. The van der Waals surface area contributed by atoms with Gasteiger partial charge in [-0.3, -0.25) is 4.79 Å². The molecule has 1 unspecified atom stereocenters. The topological polar surface area (TPSA) is 56.6 Å². The highest BCUT2D eigenvalue weighted by Gasteiger charge is 2.36. The summed E-state index contributed by atoms with van der Waals surface area (Å²) in [5.74, 6) is 1.16. The monoisotopic (exact) mass is 555 g/mol. The number of halogens is 4. The maximum absolute atomic E-state index is 13.6. The molecule has 202 valence electrons. The zero-order valence-corrected chi connectivity index (χ0v) is 22.0. The Hall–Kier alpha value is -3.98. The number of hydrogen-bond acceptors (Lipinski definition) is 4. The molecule has 0 N–H and O–H groups in total. The number of alkyl halides is 3. The van der Waals surface area contributed by atoms with E-state index in [1.54, 1.807) is 73.7 Å². The Balaban J connectivity index is 1.47. The minimum atomic E-state index is -4.64. The van der Waals surface area contributed by atoms with E-state index in [4.69, 9.17) is 21.1 Å². The number of carbonyl (C=O) groups is 1. The van der Waals surface area contributed by atoms with E-state index in [1.165, 1.54) is 4.68 Å². The number of hydrogen-bond donors (Lipinski definition) is 0. The number of amides is 1. The molecule has 5 rings (SSSR count). The number of carbonyl (C=O) groups excluding carboxylic acids is 1. The third-order valence-electron chi connectivity index (χ3n) is 6.82. The third-order valence-corrected chi connectivity index (χ3v) is 7.14. The number of aromatic nitrogens is 2. The number of methoxy groups -OCH3 is 2. The Kier molecular flexibility index (Phi) is 7.27. The van der Waals surface area contributed by atoms with Crippen molar-refractivity contribution in [1.29, 1.82) is 0 Å². The molecular formula is C29H25ClF3N3O3. The van der Waals surface area contributed by atoms with Crippen molar-refractivity contribution in [2.45, 2.75) is 25.1 Å². The molecule has 1 aliphatic rings. The number of nitrogens with zero attached hydrogens (tertiary/aromatic N) is 3. The predicted molar refractivity (Wildman–Crippen MR) is 142 cm³/mol. The predicted octanol–water partition coefficient (Wildman–Crippen LogP) is 7.21. The molecule has 1 atom stereocenters. The van der Waals surface area contributed by atoms with Crippen LogP contribution in [0.15, 0.2) is 72.8 Å². The second-order valence-corrected chi connectivity index (χ2v) is 9.52. The molecule has 0 saturated carbocycles. The van der Waals surface area contributed by atoms with Gasteiger partial charge in [-0.2, -0.15) is 18.3 Å². The van der Waals surface area contributed by atoms with Crippen molar-refractivity contribution in [2.75, 3.05) is 20.8 Å². The number of likely N-dealkylation sites (tertiary alicyclic amines) is 1. The van der Waals surface area contributed by atoms with Crippen molar-refractivity contribution in [3.63, 3.8) is 0 Å². The lowest BCUT2D eigenvalue weighted by Crippen LogP contribution is -2.30. The van der Waals surface area contributed by atoms with Crippen molar-refractivity contribution >= 4 is 17.5 Å². The van der Waals surface area contributed by atoms with Crippen molar-refractivity contribution in [3.05, 3.63) is 94.6 Å². The van der Waals surface area contributed by atoms with E-state index in [-0.39, 0.29) is 22.7 Å². The lowest BCUT2D eigenvalue weighted by atomic mass is 10.0. The summed E-state index contributed by atoms with van der Waals surface area (Å²) in [5, 5.41) is 4.05. The van der Waals surface area contributed by atoms with Gasteiger partial charge in [0, 0.05) is 23.2 Å². The van der Waals surface area contributed by atoms with Crippen LogP contribution in [0.4, 0.5) is 13.2 Å². The Morgan fingerprint density at radius 1 is 1.00 bits per heavy atom. The zero-order valence-electron chi connectivity index (χ0n) is 21.2. The molecule has 0 aliphatic carbocycles. The first-order valence-electron chi connectivity index (χ1n) is 12.3. The quantitative estimate of drug-likeness (QED) is 0.252. The summed E-state index contributed by atoms with van der Waals surface area (Å²) in [6.07, 6.45) is -3.04. The van der Waals surface area contributed by atoms with Gasteiger partial charge in [0.25, 0.3) is 5.91 Å². The van der Waals surface area contributed by atoms with Gasteiger partial charge in [-0.05, 0) is 61.4 Å². The molecule has 1 aliphatic heterocycles. The van der Waals surface area contributed by atoms with Crippen LogP contribution in [0.3, 0.4) is 0 Å². The van der Waals surface area contributed by atoms with Gasteiger partial charge in [-0.15, -0.1) is 0 Å². The maximum Gasteiger partial charge on any atom is 0.435 e. The van der Waals surface area contributed by atoms with Gasteiger partial charge in [0.2, 0.25) is 0 Å². The van der Waals surface area contributed by atoms with Crippen molar-refractivity contribution in [3.8, 4) is 28.4 Å². The van der Waals surface area contributed by atoms with Crippen LogP contribution in [0.25, 0.3) is 16.9 Å². The first-order valence-corrected chi connectivity index (χ1v) is 12.6. The summed E-state index contributed by atoms with van der Waals surface area (Å²) in [7, 11) is 3.17. The Morgan fingerprint density at radius 3 is 2.41 bits per heavy atom. The van der Waals surface area contributed by atoms with Gasteiger partial charge in [0.15, 0.2) is 5.69 Å². The summed E-state index contributed by atoms with van der Waals surface area (Å²) in [6, 6.07) is 19.3. The summed E-state index contributed by atoms with van der Waals surface area (Å²) >= 11 is 6.28. The minimum absolute atomic E-state index is 0.176. The van der Waals surface area contributed by atoms with Crippen LogP contribution in [0.2, 0.25) is 5.02 Å². The Bertz CT molecular complexity index is 1500. The van der Waals surface area contributed by atoms with Crippen LogP contribution in [0, 0.1) is 0 Å². The smallest absolute Gasteiger partial charge is 0.435 e. The molecular weight excluding hydrogens is 531 g/mol. The van der Waals surface area contributed by atoms with E-state index in [9.17, 15) is 18.0 Å². The molecule has 3 aromatic carbocycles. The average Bonchev–Trinajstić information content (AvgIpc) is 3.61. The SMILES string of the molecule is COc1ccc(OC)c(C2CCCN2C(=O)c2ccc(-c3cc(C(F)(F)F)nn3-c3ccccc3Cl)cc2)c1. The fraction of sp³-hybridized carbons (Fsp3) is 0.241. The summed E-state index contributed by atoms with van der Waals surface area (Å²) in [5.41, 5.74) is 1.23. The first-order chi connectivity index (χ1) is 18.7. The van der Waals surface area contributed by atoms with Crippen LogP contribution >= 0.6 is 11.6 Å². The highest BCUT2D eigenvalue weighted by atomic mass is 35.5. The fourth-order valence-corrected chi connectivity index (χ4v) is 5.13. The van der Waals surface area contributed by atoms with Crippen molar-refractivity contribution < 1.29 is 27.4 Å². The largest absolute Gasteiger partial charge is 0.497 e. The maximum atomic E-state index is 13.6. The van der Waals surface area contributed by atoms with E-state index in [1.807, 2.05) is 12.1 Å². The summed E-state index contributed by atoms with van der Waals surface area (Å²) < 4.78 is 52.8. The molecule has 0 spiro atoms. The lowest BCUT2D eigenvalue weighted by molar-refractivity contribution is -0.141. The average molecular weight is 556 g/mol. The molecule has 1 amide bonds. The molecule has 10 heteroatoms. The molecule has 4 aromatic rings. The number of ether oxygens (including phenoxy) is 2. The van der Waals surface area contributed by atoms with E-state index in [2.05, 4.69) is 5.10 Å². The number of rotatable bonds is 6. The van der Waals surface area contributed by atoms with Crippen LogP contribution in [-0.2, 0) is 6.18 Å². The molecule has 1 aromatic heterocycles. The number of para-hydroxylation sites is 1. The minimum Gasteiger partial charge on any atom is -0.497 e. The highest BCUT2D eigenvalue weighted by Crippen LogP contribution is 2.40. The van der Waals surface area contributed by atoms with E-state index >= 15 is 0 Å². The standard InChI is InChI=1S/C29H25ClF3N3O3/c1-38-20-13-14-26(39-2)21(16-20)23-8-5-15-35(23)28(37)19-11-9-18(10-12-19)25-17-27(29(31,32)33)34-36(25)24-7-4-3-6-22(24)30/h3-4,6-7,9-14,16-17,23H,5,8,15H2,1-2H3. The van der Waals surface area contributed by atoms with Crippen molar-refractivity contribution in [1.82, 2.24) is 14.7 Å². The van der Waals surface area contributed by atoms with E-state index < -0.39 is 11.9 Å². The van der Waals surface area contributed by atoms with Crippen LogP contribution in [0.5, 0.6) is 11.5 Å². The van der Waals surface area contributed by atoms with Crippen LogP contribution in [0.1, 0.15) is 40.5 Å². The van der Waals surface area contributed by atoms with Crippen LogP contribution in [-0.4, -0.2) is 41.4 Å². The normalized spacial score (nSPS) is 15.4. The van der Waals surface area contributed by atoms with Gasteiger partial charge in [-0.1, -0.05) is 35.9 Å². The molecule has 1 fully saturated rings. The van der Waals surface area contributed by atoms with Crippen molar-refractivity contribution in [2.24, 2.45) is 0 Å².